The fourth-order valence-corrected chi connectivity index (χ4v) is 4.58. The SMILES string of the molecule is COc1ccc([C@@H](C(=O)NC2CCCCC2)N(C(=O)c2ccccn2)c2ccc(C(C)=O)cc2)cc1. The predicted molar refractivity (Wildman–Crippen MR) is 138 cm³/mol. The summed E-state index contributed by atoms with van der Waals surface area (Å²) >= 11 is 0. The van der Waals surface area contributed by atoms with E-state index in [4.69, 9.17) is 4.74 Å². The lowest BCUT2D eigenvalue weighted by Gasteiger charge is -2.33. The molecular formula is C29H31N3O4. The number of amides is 2. The fourth-order valence-electron chi connectivity index (χ4n) is 4.58. The Labute approximate surface area is 211 Å². The molecule has 1 aliphatic carbocycles. The van der Waals surface area contributed by atoms with E-state index in [0.717, 1.165) is 25.7 Å². The third-order valence-corrected chi connectivity index (χ3v) is 6.54. The van der Waals surface area contributed by atoms with Crippen molar-refractivity contribution >= 4 is 23.3 Å². The van der Waals surface area contributed by atoms with Gasteiger partial charge < -0.3 is 10.1 Å². The number of hydrogen-bond donors (Lipinski definition) is 1. The van der Waals surface area contributed by atoms with Crippen molar-refractivity contribution in [3.8, 4) is 5.75 Å². The average Bonchev–Trinajstić information content (AvgIpc) is 2.92. The van der Waals surface area contributed by atoms with Gasteiger partial charge in [-0.25, -0.2) is 0 Å². The van der Waals surface area contributed by atoms with Crippen LogP contribution in [0.25, 0.3) is 0 Å². The van der Waals surface area contributed by atoms with Gasteiger partial charge >= 0.3 is 0 Å². The standard InChI is InChI=1S/C29H31N3O4/c1-20(33)21-11-15-24(16-12-21)32(29(35)26-10-6-7-19-30-26)27(22-13-17-25(36-2)18-14-22)28(34)31-23-8-4-3-5-9-23/h6-7,10-19,23,27H,3-5,8-9H2,1-2H3,(H,31,34)/t27-/m0/s1. The highest BCUT2D eigenvalue weighted by molar-refractivity contribution is 6.09. The molecule has 0 unspecified atom stereocenters. The molecule has 2 aromatic carbocycles. The molecule has 0 saturated heterocycles. The van der Waals surface area contributed by atoms with Crippen LogP contribution >= 0.6 is 0 Å². The van der Waals surface area contributed by atoms with Gasteiger partial charge in [-0.15, -0.1) is 0 Å². The van der Waals surface area contributed by atoms with Gasteiger partial charge in [0, 0.05) is 23.5 Å². The van der Waals surface area contributed by atoms with Crippen LogP contribution in [0.3, 0.4) is 0 Å². The molecule has 7 heteroatoms. The Kier molecular flexibility index (Phi) is 8.10. The normalized spacial score (nSPS) is 14.5. The third-order valence-electron chi connectivity index (χ3n) is 6.54. The van der Waals surface area contributed by atoms with Gasteiger partial charge in [0.05, 0.1) is 7.11 Å². The molecule has 1 heterocycles. The Morgan fingerprint density at radius 1 is 0.944 bits per heavy atom. The first-order valence-corrected chi connectivity index (χ1v) is 12.3. The zero-order chi connectivity index (χ0) is 25.5. The van der Waals surface area contributed by atoms with E-state index in [2.05, 4.69) is 10.3 Å². The first-order chi connectivity index (χ1) is 17.5. The largest absolute Gasteiger partial charge is 0.497 e. The zero-order valence-corrected chi connectivity index (χ0v) is 20.6. The number of carbonyl (C=O) groups is 3. The number of nitrogens with zero attached hydrogens (tertiary/aromatic N) is 2. The minimum atomic E-state index is -0.949. The van der Waals surface area contributed by atoms with E-state index in [9.17, 15) is 14.4 Å². The number of methoxy groups -OCH3 is 1. The number of Topliss-reactive ketones (excluding diaryl/α,β-unsaturated/α-hetero) is 1. The lowest BCUT2D eigenvalue weighted by atomic mass is 9.94. The van der Waals surface area contributed by atoms with Gasteiger partial charge in [-0.05, 0) is 73.9 Å². The maximum atomic E-state index is 13.9. The summed E-state index contributed by atoms with van der Waals surface area (Å²) in [5, 5.41) is 3.19. The third kappa shape index (κ3) is 5.79. The van der Waals surface area contributed by atoms with Crippen molar-refractivity contribution in [1.29, 1.82) is 0 Å². The molecule has 186 valence electrons. The Balaban J connectivity index is 1.80. The molecule has 1 atom stereocenters. The molecule has 1 aromatic heterocycles. The molecule has 7 nitrogen and oxygen atoms in total. The highest BCUT2D eigenvalue weighted by Crippen LogP contribution is 2.31. The molecule has 4 rings (SSSR count). The number of ether oxygens (including phenoxy) is 1. The van der Waals surface area contributed by atoms with Crippen LogP contribution in [-0.2, 0) is 4.79 Å². The summed E-state index contributed by atoms with van der Waals surface area (Å²) < 4.78 is 5.31. The molecule has 0 spiro atoms. The summed E-state index contributed by atoms with van der Waals surface area (Å²) in [7, 11) is 1.58. The van der Waals surface area contributed by atoms with Crippen molar-refractivity contribution in [3.63, 3.8) is 0 Å². The summed E-state index contributed by atoms with van der Waals surface area (Å²) in [5.74, 6) is -0.0951. The van der Waals surface area contributed by atoms with E-state index < -0.39 is 11.9 Å². The predicted octanol–water partition coefficient (Wildman–Crippen LogP) is 5.13. The van der Waals surface area contributed by atoms with E-state index in [0.29, 0.717) is 22.6 Å². The molecule has 0 bridgehead atoms. The smallest absolute Gasteiger partial charge is 0.277 e. The zero-order valence-electron chi connectivity index (χ0n) is 20.6. The Hall–Kier alpha value is -4.00. The lowest BCUT2D eigenvalue weighted by Crippen LogP contribution is -2.47. The van der Waals surface area contributed by atoms with Crippen molar-refractivity contribution in [2.45, 2.75) is 51.1 Å². The van der Waals surface area contributed by atoms with Gasteiger partial charge in [0.15, 0.2) is 5.78 Å². The molecule has 1 aliphatic rings. The van der Waals surface area contributed by atoms with E-state index in [1.165, 1.54) is 18.2 Å². The topological polar surface area (TPSA) is 88.6 Å². The van der Waals surface area contributed by atoms with Crippen LogP contribution in [0.15, 0.2) is 72.9 Å². The van der Waals surface area contributed by atoms with Gasteiger partial charge in [0.25, 0.3) is 5.91 Å². The second kappa shape index (κ2) is 11.6. The quantitative estimate of drug-likeness (QED) is 0.447. The van der Waals surface area contributed by atoms with Crippen LogP contribution in [-0.4, -0.2) is 35.7 Å². The first kappa shape index (κ1) is 25.1. The van der Waals surface area contributed by atoms with Gasteiger partial charge in [-0.3, -0.25) is 24.3 Å². The maximum Gasteiger partial charge on any atom is 0.277 e. The monoisotopic (exact) mass is 485 g/mol. The molecule has 1 N–H and O–H groups in total. The average molecular weight is 486 g/mol. The Bertz CT molecular complexity index is 1190. The lowest BCUT2D eigenvalue weighted by molar-refractivity contribution is -0.123. The Morgan fingerprint density at radius 3 is 2.22 bits per heavy atom. The van der Waals surface area contributed by atoms with E-state index in [1.807, 2.05) is 0 Å². The van der Waals surface area contributed by atoms with Crippen molar-refractivity contribution in [2.75, 3.05) is 12.0 Å². The number of carbonyl (C=O) groups excluding carboxylic acids is 3. The highest BCUT2D eigenvalue weighted by atomic mass is 16.5. The molecular weight excluding hydrogens is 454 g/mol. The van der Waals surface area contributed by atoms with Crippen LogP contribution in [0.5, 0.6) is 5.75 Å². The second-order valence-electron chi connectivity index (χ2n) is 9.01. The molecule has 2 amide bonds. The highest BCUT2D eigenvalue weighted by Gasteiger charge is 2.35. The van der Waals surface area contributed by atoms with Gasteiger partial charge in [0.2, 0.25) is 5.91 Å². The van der Waals surface area contributed by atoms with E-state index in [1.54, 1.807) is 80.0 Å². The minimum absolute atomic E-state index is 0.0684. The van der Waals surface area contributed by atoms with Crippen molar-refractivity contribution in [1.82, 2.24) is 10.3 Å². The second-order valence-corrected chi connectivity index (χ2v) is 9.01. The number of pyridine rings is 1. The van der Waals surface area contributed by atoms with Gasteiger partial charge in [0.1, 0.15) is 17.5 Å². The number of nitrogens with one attached hydrogen (secondary N) is 1. The maximum absolute atomic E-state index is 13.9. The van der Waals surface area contributed by atoms with E-state index >= 15 is 0 Å². The van der Waals surface area contributed by atoms with Crippen LogP contribution < -0.4 is 15.0 Å². The number of ketones is 1. The summed E-state index contributed by atoms with van der Waals surface area (Å²) in [4.78, 5) is 45.3. The summed E-state index contributed by atoms with van der Waals surface area (Å²) in [6.07, 6.45) is 6.70. The molecule has 1 saturated carbocycles. The molecule has 0 aliphatic heterocycles. The minimum Gasteiger partial charge on any atom is -0.497 e. The molecule has 1 fully saturated rings. The van der Waals surface area contributed by atoms with Gasteiger partial charge in [-0.2, -0.15) is 0 Å². The van der Waals surface area contributed by atoms with Crippen molar-refractivity contribution in [2.24, 2.45) is 0 Å². The number of benzene rings is 2. The molecule has 0 radical (unpaired) electrons. The summed E-state index contributed by atoms with van der Waals surface area (Å²) in [5.41, 5.74) is 1.88. The number of rotatable bonds is 8. The number of hydrogen-bond acceptors (Lipinski definition) is 5. The van der Waals surface area contributed by atoms with Crippen molar-refractivity contribution in [3.05, 3.63) is 89.7 Å². The summed E-state index contributed by atoms with van der Waals surface area (Å²) in [6.45, 7) is 1.49. The van der Waals surface area contributed by atoms with E-state index in [-0.39, 0.29) is 23.4 Å². The summed E-state index contributed by atoms with van der Waals surface area (Å²) in [6, 6.07) is 18.1. The first-order valence-electron chi connectivity index (χ1n) is 12.3. The Morgan fingerprint density at radius 2 is 1.64 bits per heavy atom. The molecule has 3 aromatic rings. The van der Waals surface area contributed by atoms with Gasteiger partial charge in [-0.1, -0.05) is 37.5 Å². The number of aromatic nitrogens is 1. The van der Waals surface area contributed by atoms with Crippen molar-refractivity contribution < 1.29 is 19.1 Å². The fraction of sp³-hybridized carbons (Fsp3) is 0.310. The number of anilines is 1. The van der Waals surface area contributed by atoms with Crippen LogP contribution in [0, 0.1) is 0 Å². The van der Waals surface area contributed by atoms with Crippen LogP contribution in [0.4, 0.5) is 5.69 Å². The molecule has 36 heavy (non-hydrogen) atoms. The van der Waals surface area contributed by atoms with Crippen LogP contribution in [0.1, 0.15) is 71.5 Å². The van der Waals surface area contributed by atoms with Crippen LogP contribution in [0.2, 0.25) is 0 Å².